The molecule has 2 aliphatic rings. The van der Waals surface area contributed by atoms with Crippen LogP contribution in [0.5, 0.6) is 0 Å². The van der Waals surface area contributed by atoms with E-state index in [0.717, 1.165) is 38.8 Å². The summed E-state index contributed by atoms with van der Waals surface area (Å²) in [5.41, 5.74) is 0. The number of hydrogen-bond acceptors (Lipinski definition) is 4. The molecule has 7 heteroatoms. The number of methoxy groups -OCH3 is 1. The van der Waals surface area contributed by atoms with Gasteiger partial charge in [-0.2, -0.15) is 0 Å². The van der Waals surface area contributed by atoms with Crippen LogP contribution in [0.2, 0.25) is 0 Å². The smallest absolute Gasteiger partial charge is 0.227 e. The molecular weight excluding hydrogens is 292 g/mol. The summed E-state index contributed by atoms with van der Waals surface area (Å²) in [5, 5.41) is 0. The number of hydrogen-bond donors (Lipinski definition) is 0. The number of amides is 1. The lowest BCUT2D eigenvalue weighted by atomic mass is 9.97. The van der Waals surface area contributed by atoms with Gasteiger partial charge in [-0.1, -0.05) is 0 Å². The standard InChI is InChI=1S/C14H26N2O4S/c1-20-10-11-21(18,19)16-9-5-6-13(12-16)14(17)15-7-3-2-4-8-15/h13H,2-12H2,1H3. The molecular formula is C14H26N2O4S. The Balaban J connectivity index is 1.95. The molecule has 6 nitrogen and oxygen atoms in total. The van der Waals surface area contributed by atoms with E-state index < -0.39 is 10.0 Å². The van der Waals surface area contributed by atoms with Crippen LogP contribution in [0.3, 0.4) is 0 Å². The van der Waals surface area contributed by atoms with E-state index in [-0.39, 0.29) is 24.2 Å². The summed E-state index contributed by atoms with van der Waals surface area (Å²) >= 11 is 0. The fourth-order valence-corrected chi connectivity index (χ4v) is 4.54. The lowest BCUT2D eigenvalue weighted by molar-refractivity contribution is -0.137. The molecule has 1 unspecified atom stereocenters. The van der Waals surface area contributed by atoms with Crippen LogP contribution in [0.25, 0.3) is 0 Å². The van der Waals surface area contributed by atoms with E-state index in [0.29, 0.717) is 13.1 Å². The maximum absolute atomic E-state index is 12.5. The molecule has 0 aromatic rings. The zero-order valence-corrected chi connectivity index (χ0v) is 13.6. The molecule has 2 heterocycles. The summed E-state index contributed by atoms with van der Waals surface area (Å²) < 4.78 is 30.8. The predicted octanol–water partition coefficient (Wildman–Crippen LogP) is 0.687. The van der Waals surface area contributed by atoms with Gasteiger partial charge in [0.15, 0.2) is 0 Å². The Morgan fingerprint density at radius 2 is 1.86 bits per heavy atom. The first-order valence-corrected chi connectivity index (χ1v) is 9.41. The Labute approximate surface area is 127 Å². The molecule has 0 bridgehead atoms. The third-order valence-corrected chi connectivity index (χ3v) is 6.14. The van der Waals surface area contributed by atoms with Gasteiger partial charge in [0.05, 0.1) is 18.3 Å². The molecule has 2 fully saturated rings. The minimum Gasteiger partial charge on any atom is -0.384 e. The number of carbonyl (C=O) groups is 1. The molecule has 0 aromatic carbocycles. The molecule has 0 spiro atoms. The van der Waals surface area contributed by atoms with E-state index >= 15 is 0 Å². The fourth-order valence-electron chi connectivity index (χ4n) is 3.09. The Hall–Kier alpha value is -0.660. The monoisotopic (exact) mass is 318 g/mol. The second-order valence-corrected chi connectivity index (χ2v) is 7.98. The van der Waals surface area contributed by atoms with Crippen LogP contribution in [0.15, 0.2) is 0 Å². The number of sulfonamides is 1. The van der Waals surface area contributed by atoms with Crippen molar-refractivity contribution in [2.75, 3.05) is 45.6 Å². The number of nitrogens with zero attached hydrogens (tertiary/aromatic N) is 2. The van der Waals surface area contributed by atoms with Gasteiger partial charge in [-0.05, 0) is 32.1 Å². The first-order valence-electron chi connectivity index (χ1n) is 7.80. The molecule has 2 aliphatic heterocycles. The maximum Gasteiger partial charge on any atom is 0.227 e. The van der Waals surface area contributed by atoms with Gasteiger partial charge in [-0.25, -0.2) is 12.7 Å². The minimum atomic E-state index is -3.31. The number of ether oxygens (including phenoxy) is 1. The second kappa shape index (κ2) is 7.56. The summed E-state index contributed by atoms with van der Waals surface area (Å²) in [6.07, 6.45) is 4.87. The average molecular weight is 318 g/mol. The van der Waals surface area contributed by atoms with Crippen LogP contribution in [0, 0.1) is 5.92 Å². The molecule has 122 valence electrons. The van der Waals surface area contributed by atoms with Crippen LogP contribution in [-0.2, 0) is 19.6 Å². The average Bonchev–Trinajstić information content (AvgIpc) is 2.53. The van der Waals surface area contributed by atoms with Crippen molar-refractivity contribution in [3.63, 3.8) is 0 Å². The van der Waals surface area contributed by atoms with Crippen molar-refractivity contribution >= 4 is 15.9 Å². The van der Waals surface area contributed by atoms with E-state index in [1.165, 1.54) is 17.8 Å². The lowest BCUT2D eigenvalue weighted by Crippen LogP contribution is -2.48. The van der Waals surface area contributed by atoms with Gasteiger partial charge in [0.25, 0.3) is 0 Å². The highest BCUT2D eigenvalue weighted by molar-refractivity contribution is 7.89. The van der Waals surface area contributed by atoms with Crippen molar-refractivity contribution in [3.05, 3.63) is 0 Å². The lowest BCUT2D eigenvalue weighted by Gasteiger charge is -2.35. The zero-order valence-electron chi connectivity index (χ0n) is 12.8. The summed E-state index contributed by atoms with van der Waals surface area (Å²) in [7, 11) is -1.81. The molecule has 21 heavy (non-hydrogen) atoms. The van der Waals surface area contributed by atoms with Crippen molar-refractivity contribution in [2.45, 2.75) is 32.1 Å². The van der Waals surface area contributed by atoms with Crippen molar-refractivity contribution in [3.8, 4) is 0 Å². The number of piperidine rings is 2. The van der Waals surface area contributed by atoms with Crippen molar-refractivity contribution in [1.29, 1.82) is 0 Å². The molecule has 0 aromatic heterocycles. The van der Waals surface area contributed by atoms with Gasteiger partial charge in [0.1, 0.15) is 0 Å². The van der Waals surface area contributed by atoms with Gasteiger partial charge in [0, 0.05) is 33.3 Å². The van der Waals surface area contributed by atoms with E-state index in [2.05, 4.69) is 0 Å². The maximum atomic E-state index is 12.5. The highest BCUT2D eigenvalue weighted by Gasteiger charge is 2.34. The first-order chi connectivity index (χ1) is 10.0. The molecule has 2 saturated heterocycles. The van der Waals surface area contributed by atoms with E-state index in [4.69, 9.17) is 4.74 Å². The van der Waals surface area contributed by atoms with Crippen LogP contribution >= 0.6 is 0 Å². The Morgan fingerprint density at radius 3 is 2.52 bits per heavy atom. The van der Waals surface area contributed by atoms with E-state index in [1.54, 1.807) is 0 Å². The third kappa shape index (κ3) is 4.40. The Morgan fingerprint density at radius 1 is 1.14 bits per heavy atom. The minimum absolute atomic E-state index is 0.00583. The number of rotatable bonds is 5. The second-order valence-electron chi connectivity index (χ2n) is 5.89. The molecule has 0 aliphatic carbocycles. The summed E-state index contributed by atoms with van der Waals surface area (Å²) in [6, 6.07) is 0. The Kier molecular flexibility index (Phi) is 6.01. The highest BCUT2D eigenvalue weighted by Crippen LogP contribution is 2.23. The summed E-state index contributed by atoms with van der Waals surface area (Å²) in [5.74, 6) is -0.0378. The highest BCUT2D eigenvalue weighted by atomic mass is 32.2. The number of carbonyl (C=O) groups excluding carboxylic acids is 1. The molecule has 2 rings (SSSR count). The van der Waals surface area contributed by atoms with Gasteiger partial charge >= 0.3 is 0 Å². The van der Waals surface area contributed by atoms with Crippen LogP contribution in [-0.4, -0.2) is 69.2 Å². The third-order valence-electron chi connectivity index (χ3n) is 4.34. The summed E-state index contributed by atoms with van der Waals surface area (Å²) in [4.78, 5) is 14.4. The van der Waals surface area contributed by atoms with Gasteiger partial charge in [-0.15, -0.1) is 0 Å². The van der Waals surface area contributed by atoms with Crippen molar-refractivity contribution in [2.24, 2.45) is 5.92 Å². The molecule has 0 N–H and O–H groups in total. The van der Waals surface area contributed by atoms with Crippen LogP contribution in [0.4, 0.5) is 0 Å². The zero-order chi connectivity index (χ0) is 15.3. The van der Waals surface area contributed by atoms with E-state index in [1.807, 2.05) is 4.90 Å². The quantitative estimate of drug-likeness (QED) is 0.748. The van der Waals surface area contributed by atoms with Gasteiger partial charge in [0.2, 0.25) is 15.9 Å². The van der Waals surface area contributed by atoms with E-state index in [9.17, 15) is 13.2 Å². The molecule has 0 radical (unpaired) electrons. The normalized spacial score (nSPS) is 25.0. The van der Waals surface area contributed by atoms with Crippen LogP contribution < -0.4 is 0 Å². The Bertz CT molecular complexity index is 446. The SMILES string of the molecule is COCCS(=O)(=O)N1CCCC(C(=O)N2CCCCC2)C1. The van der Waals surface area contributed by atoms with Gasteiger partial charge in [-0.3, -0.25) is 4.79 Å². The largest absolute Gasteiger partial charge is 0.384 e. The topological polar surface area (TPSA) is 66.9 Å². The van der Waals surface area contributed by atoms with Crippen LogP contribution in [0.1, 0.15) is 32.1 Å². The first kappa shape index (κ1) is 16.7. The molecule has 1 atom stereocenters. The van der Waals surface area contributed by atoms with Crippen molar-refractivity contribution in [1.82, 2.24) is 9.21 Å². The number of likely N-dealkylation sites (tertiary alicyclic amines) is 1. The summed E-state index contributed by atoms with van der Waals surface area (Å²) in [6.45, 7) is 2.71. The van der Waals surface area contributed by atoms with Crippen molar-refractivity contribution < 1.29 is 17.9 Å². The van der Waals surface area contributed by atoms with Gasteiger partial charge < -0.3 is 9.64 Å². The predicted molar refractivity (Wildman–Crippen MR) is 80.4 cm³/mol. The fraction of sp³-hybridized carbons (Fsp3) is 0.929. The molecule has 1 amide bonds. The molecule has 0 saturated carbocycles.